The molecular weight excluding hydrogens is 254 g/mol. The Morgan fingerprint density at radius 2 is 1.80 bits per heavy atom. The number of pyridine rings is 1. The molecule has 0 fully saturated rings. The van der Waals surface area contributed by atoms with E-state index in [9.17, 15) is 9.90 Å². The van der Waals surface area contributed by atoms with Crippen LogP contribution in [0.1, 0.15) is 10.4 Å². The second kappa shape index (κ2) is 4.97. The van der Waals surface area contributed by atoms with E-state index in [1.807, 2.05) is 18.2 Å². The van der Waals surface area contributed by atoms with Crippen molar-refractivity contribution in [1.29, 1.82) is 0 Å². The van der Waals surface area contributed by atoms with Gasteiger partial charge < -0.3 is 5.11 Å². The minimum absolute atomic E-state index is 0.211. The van der Waals surface area contributed by atoms with Crippen molar-refractivity contribution >= 4 is 5.97 Å². The molecule has 20 heavy (non-hydrogen) atoms. The molecule has 3 aromatic rings. The van der Waals surface area contributed by atoms with Crippen LogP contribution in [0, 0.1) is 0 Å². The van der Waals surface area contributed by atoms with Crippen LogP contribution in [0.3, 0.4) is 0 Å². The standard InChI is InChI=1S/C15H11N3O2/c19-15(20)11-5-1-2-7-14(11)18-10-8-13(17-18)12-6-3-4-9-16-12/h1-10H,(H,19,20). The molecule has 0 aliphatic heterocycles. The van der Waals surface area contributed by atoms with Gasteiger partial charge in [0.1, 0.15) is 5.69 Å². The maximum Gasteiger partial charge on any atom is 0.337 e. The van der Waals surface area contributed by atoms with Crippen LogP contribution in [0.2, 0.25) is 0 Å². The van der Waals surface area contributed by atoms with Crippen LogP contribution in [-0.4, -0.2) is 25.8 Å². The summed E-state index contributed by atoms with van der Waals surface area (Å²) >= 11 is 0. The smallest absolute Gasteiger partial charge is 0.337 e. The predicted octanol–water partition coefficient (Wildman–Crippen LogP) is 2.63. The zero-order chi connectivity index (χ0) is 13.9. The summed E-state index contributed by atoms with van der Waals surface area (Å²) in [6.07, 6.45) is 3.42. The van der Waals surface area contributed by atoms with E-state index >= 15 is 0 Å². The lowest BCUT2D eigenvalue weighted by molar-refractivity contribution is 0.0696. The molecule has 0 amide bonds. The van der Waals surface area contributed by atoms with E-state index in [-0.39, 0.29) is 5.56 Å². The van der Waals surface area contributed by atoms with Crippen molar-refractivity contribution in [1.82, 2.24) is 14.8 Å². The van der Waals surface area contributed by atoms with Gasteiger partial charge in [-0.2, -0.15) is 5.10 Å². The number of carboxylic acid groups (broad SMARTS) is 1. The number of aromatic carboxylic acids is 1. The number of hydrogen-bond donors (Lipinski definition) is 1. The molecule has 2 heterocycles. The average Bonchev–Trinajstić information content (AvgIpc) is 2.98. The van der Waals surface area contributed by atoms with Crippen molar-refractivity contribution in [3.8, 4) is 17.1 Å². The van der Waals surface area contributed by atoms with Gasteiger partial charge in [-0.3, -0.25) is 4.98 Å². The SMILES string of the molecule is O=C(O)c1ccccc1-n1ccc(-c2ccccn2)n1. The van der Waals surface area contributed by atoms with E-state index < -0.39 is 5.97 Å². The topological polar surface area (TPSA) is 68.0 Å². The van der Waals surface area contributed by atoms with Crippen molar-refractivity contribution in [3.05, 3.63) is 66.5 Å². The molecule has 0 saturated heterocycles. The van der Waals surface area contributed by atoms with Gasteiger partial charge >= 0.3 is 5.97 Å². The summed E-state index contributed by atoms with van der Waals surface area (Å²) in [5.41, 5.74) is 2.19. The van der Waals surface area contributed by atoms with Crippen LogP contribution in [-0.2, 0) is 0 Å². The second-order valence-electron chi connectivity index (χ2n) is 4.18. The molecular formula is C15H11N3O2. The van der Waals surface area contributed by atoms with Gasteiger partial charge in [-0.15, -0.1) is 0 Å². The molecule has 3 rings (SSSR count). The quantitative estimate of drug-likeness (QED) is 0.790. The highest BCUT2D eigenvalue weighted by molar-refractivity contribution is 5.91. The van der Waals surface area contributed by atoms with Gasteiger partial charge in [0.05, 0.1) is 16.9 Å². The number of rotatable bonds is 3. The first kappa shape index (κ1) is 12.1. The maximum atomic E-state index is 11.2. The van der Waals surface area contributed by atoms with E-state index in [1.54, 1.807) is 47.4 Å². The Bertz CT molecular complexity index is 751. The predicted molar refractivity (Wildman–Crippen MR) is 73.8 cm³/mol. The lowest BCUT2D eigenvalue weighted by atomic mass is 10.2. The zero-order valence-corrected chi connectivity index (χ0v) is 10.5. The van der Waals surface area contributed by atoms with Crippen LogP contribution in [0.4, 0.5) is 0 Å². The van der Waals surface area contributed by atoms with Crippen LogP contribution >= 0.6 is 0 Å². The van der Waals surface area contributed by atoms with Crippen LogP contribution in [0.5, 0.6) is 0 Å². The average molecular weight is 265 g/mol. The van der Waals surface area contributed by atoms with Gasteiger partial charge in [0.15, 0.2) is 0 Å². The fourth-order valence-electron chi connectivity index (χ4n) is 1.96. The highest BCUT2D eigenvalue weighted by Crippen LogP contribution is 2.18. The Balaban J connectivity index is 2.05. The third-order valence-electron chi connectivity index (χ3n) is 2.90. The Labute approximate surface area is 115 Å². The normalized spacial score (nSPS) is 10.4. The zero-order valence-electron chi connectivity index (χ0n) is 10.5. The summed E-state index contributed by atoms with van der Waals surface area (Å²) in [4.78, 5) is 15.4. The van der Waals surface area contributed by atoms with E-state index in [4.69, 9.17) is 0 Å². The summed E-state index contributed by atoms with van der Waals surface area (Å²) in [6.45, 7) is 0. The number of benzene rings is 1. The molecule has 98 valence electrons. The maximum absolute atomic E-state index is 11.2. The van der Waals surface area contributed by atoms with Gasteiger partial charge in [-0.1, -0.05) is 18.2 Å². The molecule has 1 N–H and O–H groups in total. The van der Waals surface area contributed by atoms with E-state index in [2.05, 4.69) is 10.1 Å². The van der Waals surface area contributed by atoms with Gasteiger partial charge in [-0.05, 0) is 30.3 Å². The van der Waals surface area contributed by atoms with Crippen molar-refractivity contribution in [2.24, 2.45) is 0 Å². The lowest BCUT2D eigenvalue weighted by Crippen LogP contribution is -2.05. The van der Waals surface area contributed by atoms with E-state index in [1.165, 1.54) is 0 Å². The van der Waals surface area contributed by atoms with E-state index in [0.717, 1.165) is 5.69 Å². The Kier molecular flexibility index (Phi) is 3.01. The molecule has 5 nitrogen and oxygen atoms in total. The number of carbonyl (C=O) groups is 1. The van der Waals surface area contributed by atoms with Crippen LogP contribution in [0.25, 0.3) is 17.1 Å². The molecule has 2 aromatic heterocycles. The van der Waals surface area contributed by atoms with Crippen molar-refractivity contribution in [2.45, 2.75) is 0 Å². The first-order valence-electron chi connectivity index (χ1n) is 6.05. The Morgan fingerprint density at radius 3 is 2.55 bits per heavy atom. The van der Waals surface area contributed by atoms with Gasteiger partial charge in [0.25, 0.3) is 0 Å². The summed E-state index contributed by atoms with van der Waals surface area (Å²) in [5.74, 6) is -0.976. The van der Waals surface area contributed by atoms with Gasteiger partial charge in [-0.25, -0.2) is 9.48 Å². The lowest BCUT2D eigenvalue weighted by Gasteiger charge is -2.05. The minimum atomic E-state index is -0.976. The molecule has 0 atom stereocenters. The van der Waals surface area contributed by atoms with E-state index in [0.29, 0.717) is 11.4 Å². The molecule has 5 heteroatoms. The summed E-state index contributed by atoms with van der Waals surface area (Å²) < 4.78 is 1.55. The highest BCUT2D eigenvalue weighted by Gasteiger charge is 2.12. The first-order chi connectivity index (χ1) is 9.75. The minimum Gasteiger partial charge on any atom is -0.478 e. The highest BCUT2D eigenvalue weighted by atomic mass is 16.4. The molecule has 0 bridgehead atoms. The second-order valence-corrected chi connectivity index (χ2v) is 4.18. The first-order valence-corrected chi connectivity index (χ1v) is 6.05. The van der Waals surface area contributed by atoms with Gasteiger partial charge in [0.2, 0.25) is 0 Å². The van der Waals surface area contributed by atoms with Gasteiger partial charge in [0, 0.05) is 12.4 Å². The fraction of sp³-hybridized carbons (Fsp3) is 0. The Morgan fingerprint density at radius 1 is 1.00 bits per heavy atom. The molecule has 1 aromatic carbocycles. The van der Waals surface area contributed by atoms with Crippen LogP contribution < -0.4 is 0 Å². The number of carboxylic acids is 1. The summed E-state index contributed by atoms with van der Waals surface area (Å²) in [6, 6.07) is 14.1. The monoisotopic (exact) mass is 265 g/mol. The van der Waals surface area contributed by atoms with Crippen molar-refractivity contribution < 1.29 is 9.90 Å². The molecule has 0 aliphatic rings. The van der Waals surface area contributed by atoms with Crippen molar-refractivity contribution in [2.75, 3.05) is 0 Å². The summed E-state index contributed by atoms with van der Waals surface area (Å²) in [5, 5.41) is 13.6. The third kappa shape index (κ3) is 2.16. The molecule has 0 aliphatic carbocycles. The fourth-order valence-corrected chi connectivity index (χ4v) is 1.96. The third-order valence-corrected chi connectivity index (χ3v) is 2.90. The Hall–Kier alpha value is -2.95. The summed E-state index contributed by atoms with van der Waals surface area (Å²) in [7, 11) is 0. The number of para-hydroxylation sites is 1. The number of aromatic nitrogens is 3. The van der Waals surface area contributed by atoms with Crippen molar-refractivity contribution in [3.63, 3.8) is 0 Å². The molecule has 0 radical (unpaired) electrons. The number of nitrogens with zero attached hydrogens (tertiary/aromatic N) is 3. The molecule has 0 spiro atoms. The van der Waals surface area contributed by atoms with Crippen LogP contribution in [0.15, 0.2) is 60.9 Å². The molecule has 0 saturated carbocycles. The largest absolute Gasteiger partial charge is 0.478 e. The number of hydrogen-bond acceptors (Lipinski definition) is 3. The molecule has 0 unspecified atom stereocenters.